The van der Waals surface area contributed by atoms with E-state index in [0.29, 0.717) is 18.3 Å². The van der Waals surface area contributed by atoms with Crippen LogP contribution in [0.25, 0.3) is 0 Å². The summed E-state index contributed by atoms with van der Waals surface area (Å²) in [6.45, 7) is 0.427. The van der Waals surface area contributed by atoms with Crippen molar-refractivity contribution in [3.8, 4) is 0 Å². The number of anilines is 2. The molecule has 0 fully saturated rings. The van der Waals surface area contributed by atoms with Crippen molar-refractivity contribution < 1.29 is 5.11 Å². The molecule has 1 atom stereocenters. The molecule has 90 valence electrons. The molecule has 6 heteroatoms. The quantitative estimate of drug-likeness (QED) is 0.754. The summed E-state index contributed by atoms with van der Waals surface area (Å²) >= 11 is 1.57. The van der Waals surface area contributed by atoms with E-state index in [2.05, 4.69) is 20.6 Å². The van der Waals surface area contributed by atoms with Crippen LogP contribution >= 0.6 is 11.3 Å². The van der Waals surface area contributed by atoms with Crippen LogP contribution in [0.2, 0.25) is 0 Å². The molecule has 0 aliphatic heterocycles. The minimum absolute atomic E-state index is 0.427. The number of thiophene rings is 1. The summed E-state index contributed by atoms with van der Waals surface area (Å²) in [5.74, 6) is 1.25. The zero-order valence-corrected chi connectivity index (χ0v) is 10.2. The van der Waals surface area contributed by atoms with E-state index in [1.807, 2.05) is 16.8 Å². The van der Waals surface area contributed by atoms with E-state index in [9.17, 15) is 5.11 Å². The van der Waals surface area contributed by atoms with Crippen molar-refractivity contribution in [2.45, 2.75) is 6.10 Å². The molecule has 5 nitrogen and oxygen atoms in total. The number of aliphatic hydroxyl groups is 1. The Labute approximate surface area is 104 Å². The van der Waals surface area contributed by atoms with Gasteiger partial charge in [0.1, 0.15) is 5.82 Å². The normalized spacial score (nSPS) is 12.1. The molecule has 0 bridgehead atoms. The highest BCUT2D eigenvalue weighted by Gasteiger charge is 2.07. The molecule has 2 aromatic heterocycles. The van der Waals surface area contributed by atoms with Gasteiger partial charge >= 0.3 is 0 Å². The second-order valence-electron chi connectivity index (χ2n) is 3.47. The lowest BCUT2D eigenvalue weighted by Crippen LogP contribution is -2.12. The predicted octanol–water partition coefficient (Wildman–Crippen LogP) is 1.73. The molecular formula is C11H14N4OS. The third-order valence-corrected chi connectivity index (χ3v) is 2.99. The number of nitrogens with one attached hydrogen (secondary N) is 2. The summed E-state index contributed by atoms with van der Waals surface area (Å²) in [4.78, 5) is 8.21. The molecule has 0 amide bonds. The lowest BCUT2D eigenvalue weighted by Gasteiger charge is -2.11. The topological polar surface area (TPSA) is 70.1 Å². The Morgan fingerprint density at radius 2 is 2.35 bits per heavy atom. The van der Waals surface area contributed by atoms with Crippen LogP contribution < -0.4 is 10.6 Å². The summed E-state index contributed by atoms with van der Waals surface area (Å²) in [5, 5.41) is 19.7. The zero-order valence-electron chi connectivity index (χ0n) is 9.42. The average Bonchev–Trinajstić information content (AvgIpc) is 2.90. The van der Waals surface area contributed by atoms with Crippen molar-refractivity contribution in [3.63, 3.8) is 0 Å². The highest BCUT2D eigenvalue weighted by molar-refractivity contribution is 7.07. The molecule has 1 unspecified atom stereocenters. The maximum atomic E-state index is 9.88. The Bertz CT molecular complexity index is 460. The minimum Gasteiger partial charge on any atom is -0.387 e. The Morgan fingerprint density at radius 3 is 3.06 bits per heavy atom. The molecule has 0 spiro atoms. The van der Waals surface area contributed by atoms with Crippen molar-refractivity contribution in [2.24, 2.45) is 0 Å². The first-order valence-electron chi connectivity index (χ1n) is 5.24. The maximum absolute atomic E-state index is 9.88. The highest BCUT2D eigenvalue weighted by Crippen LogP contribution is 2.16. The van der Waals surface area contributed by atoms with E-state index < -0.39 is 6.10 Å². The smallest absolute Gasteiger partial charge is 0.224 e. The molecule has 0 radical (unpaired) electrons. The van der Waals surface area contributed by atoms with Gasteiger partial charge in [0.05, 0.1) is 6.10 Å². The van der Waals surface area contributed by atoms with Crippen LogP contribution in [0.5, 0.6) is 0 Å². The van der Waals surface area contributed by atoms with E-state index in [1.165, 1.54) is 0 Å². The summed E-state index contributed by atoms with van der Waals surface area (Å²) in [6.07, 6.45) is 1.15. The number of rotatable bonds is 5. The van der Waals surface area contributed by atoms with Crippen LogP contribution in [0, 0.1) is 0 Å². The number of hydrogen-bond donors (Lipinski definition) is 3. The monoisotopic (exact) mass is 250 g/mol. The Hall–Kier alpha value is -1.66. The van der Waals surface area contributed by atoms with Crippen LogP contribution in [0.3, 0.4) is 0 Å². The van der Waals surface area contributed by atoms with Crippen molar-refractivity contribution in [3.05, 3.63) is 34.7 Å². The fraction of sp³-hybridized carbons (Fsp3) is 0.273. The first kappa shape index (κ1) is 11.8. The molecule has 2 heterocycles. The fourth-order valence-electron chi connectivity index (χ4n) is 1.36. The van der Waals surface area contributed by atoms with Gasteiger partial charge < -0.3 is 15.7 Å². The predicted molar refractivity (Wildman–Crippen MR) is 69.3 cm³/mol. The van der Waals surface area contributed by atoms with Crippen molar-refractivity contribution in [1.82, 2.24) is 9.97 Å². The molecular weight excluding hydrogens is 236 g/mol. The Kier molecular flexibility index (Phi) is 3.89. The molecule has 3 N–H and O–H groups in total. The van der Waals surface area contributed by atoms with Gasteiger partial charge in [0, 0.05) is 19.8 Å². The summed E-state index contributed by atoms with van der Waals surface area (Å²) in [6, 6.07) is 3.68. The van der Waals surface area contributed by atoms with Gasteiger partial charge in [-0.25, -0.2) is 4.98 Å². The van der Waals surface area contributed by atoms with Crippen molar-refractivity contribution in [2.75, 3.05) is 24.2 Å². The second kappa shape index (κ2) is 5.60. The van der Waals surface area contributed by atoms with Crippen LogP contribution in [-0.2, 0) is 0 Å². The van der Waals surface area contributed by atoms with E-state index in [0.717, 1.165) is 5.56 Å². The van der Waals surface area contributed by atoms with E-state index in [-0.39, 0.29) is 0 Å². The van der Waals surface area contributed by atoms with Gasteiger partial charge in [-0.15, -0.1) is 0 Å². The molecule has 0 aliphatic rings. The minimum atomic E-state index is -0.519. The van der Waals surface area contributed by atoms with Crippen molar-refractivity contribution in [1.29, 1.82) is 0 Å². The van der Waals surface area contributed by atoms with Gasteiger partial charge in [0.2, 0.25) is 5.95 Å². The van der Waals surface area contributed by atoms with Gasteiger partial charge in [-0.3, -0.25) is 0 Å². The van der Waals surface area contributed by atoms with E-state index in [4.69, 9.17) is 0 Å². The second-order valence-corrected chi connectivity index (χ2v) is 4.25. The molecule has 2 aromatic rings. The molecule has 0 aliphatic carbocycles. The lowest BCUT2D eigenvalue weighted by atomic mass is 10.2. The average molecular weight is 250 g/mol. The zero-order chi connectivity index (χ0) is 12.1. The molecule has 0 saturated carbocycles. The third kappa shape index (κ3) is 3.15. The number of aliphatic hydroxyl groups excluding tert-OH is 1. The summed E-state index contributed by atoms with van der Waals surface area (Å²) < 4.78 is 0. The highest BCUT2D eigenvalue weighted by atomic mass is 32.1. The standard InChI is InChI=1S/C11H14N4OS/c1-12-11-13-4-2-10(15-11)14-6-9(16)8-3-5-17-7-8/h2-5,7,9,16H,6H2,1H3,(H2,12,13,14,15). The molecule has 17 heavy (non-hydrogen) atoms. The van der Waals surface area contributed by atoms with E-state index >= 15 is 0 Å². The maximum Gasteiger partial charge on any atom is 0.224 e. The third-order valence-electron chi connectivity index (χ3n) is 2.28. The van der Waals surface area contributed by atoms with Gasteiger partial charge in [-0.05, 0) is 28.5 Å². The Balaban J connectivity index is 1.93. The van der Waals surface area contributed by atoms with Crippen molar-refractivity contribution >= 4 is 23.1 Å². The fourth-order valence-corrected chi connectivity index (χ4v) is 2.07. The molecule has 0 saturated heterocycles. The number of hydrogen-bond acceptors (Lipinski definition) is 6. The van der Waals surface area contributed by atoms with Gasteiger partial charge in [-0.1, -0.05) is 0 Å². The van der Waals surface area contributed by atoms with Crippen LogP contribution in [0.1, 0.15) is 11.7 Å². The first-order valence-corrected chi connectivity index (χ1v) is 6.18. The SMILES string of the molecule is CNc1nccc(NCC(O)c2ccsc2)n1. The van der Waals surface area contributed by atoms with Gasteiger partial charge in [0.15, 0.2) is 0 Å². The van der Waals surface area contributed by atoms with E-state index in [1.54, 1.807) is 30.6 Å². The lowest BCUT2D eigenvalue weighted by molar-refractivity contribution is 0.192. The molecule has 0 aromatic carbocycles. The van der Waals surface area contributed by atoms with Gasteiger partial charge in [-0.2, -0.15) is 16.3 Å². The van der Waals surface area contributed by atoms with Crippen LogP contribution in [0.15, 0.2) is 29.1 Å². The summed E-state index contributed by atoms with van der Waals surface area (Å²) in [5.41, 5.74) is 0.922. The van der Waals surface area contributed by atoms with Crippen LogP contribution in [0.4, 0.5) is 11.8 Å². The number of aromatic nitrogens is 2. The first-order chi connectivity index (χ1) is 8.29. The molecule has 2 rings (SSSR count). The largest absolute Gasteiger partial charge is 0.387 e. The Morgan fingerprint density at radius 1 is 1.47 bits per heavy atom. The van der Waals surface area contributed by atoms with Gasteiger partial charge in [0.25, 0.3) is 0 Å². The summed E-state index contributed by atoms with van der Waals surface area (Å²) in [7, 11) is 1.76. The number of nitrogens with zero attached hydrogens (tertiary/aromatic N) is 2. The van der Waals surface area contributed by atoms with Crippen LogP contribution in [-0.4, -0.2) is 28.7 Å².